The van der Waals surface area contributed by atoms with E-state index in [2.05, 4.69) is 10.6 Å². The summed E-state index contributed by atoms with van der Waals surface area (Å²) < 4.78 is 48.8. The molecule has 152 valence electrons. The number of nitrogens with one attached hydrogen (secondary N) is 2. The van der Waals surface area contributed by atoms with Gasteiger partial charge < -0.3 is 20.1 Å². The lowest BCUT2D eigenvalue weighted by atomic mass is 10.2. The fraction of sp³-hybridized carbons (Fsp3) is 0.350. The van der Waals surface area contributed by atoms with Gasteiger partial charge in [0.05, 0.1) is 18.8 Å². The first-order chi connectivity index (χ1) is 13.2. The molecule has 0 unspecified atom stereocenters. The average molecular weight is 396 g/mol. The molecule has 0 aromatic heterocycles. The van der Waals surface area contributed by atoms with E-state index in [1.54, 1.807) is 25.1 Å². The van der Waals surface area contributed by atoms with Crippen LogP contribution in [0.2, 0.25) is 0 Å². The van der Waals surface area contributed by atoms with Gasteiger partial charge in [0.1, 0.15) is 6.04 Å². The molecular weight excluding hydrogens is 373 g/mol. The highest BCUT2D eigenvalue weighted by Crippen LogP contribution is 2.31. The molecule has 0 saturated heterocycles. The maximum atomic E-state index is 12.6. The van der Waals surface area contributed by atoms with Gasteiger partial charge in [-0.25, -0.2) is 0 Å². The Hall–Kier alpha value is -2.90. The summed E-state index contributed by atoms with van der Waals surface area (Å²) in [5.41, 5.74) is 0.171. The van der Waals surface area contributed by atoms with E-state index in [4.69, 9.17) is 9.47 Å². The van der Waals surface area contributed by atoms with Crippen LogP contribution in [-0.2, 0) is 11.0 Å². The van der Waals surface area contributed by atoms with Crippen molar-refractivity contribution in [3.8, 4) is 11.5 Å². The third-order valence-electron chi connectivity index (χ3n) is 3.80. The summed E-state index contributed by atoms with van der Waals surface area (Å²) in [7, 11) is 0. The molecular formula is C20H23F3N2O3. The summed E-state index contributed by atoms with van der Waals surface area (Å²) in [6.45, 7) is 6.34. The largest absolute Gasteiger partial charge is 0.490 e. The first-order valence-electron chi connectivity index (χ1n) is 8.88. The number of halogens is 3. The van der Waals surface area contributed by atoms with Crippen LogP contribution in [-0.4, -0.2) is 25.2 Å². The number of hydrogen-bond acceptors (Lipinski definition) is 4. The zero-order valence-electron chi connectivity index (χ0n) is 15.9. The second kappa shape index (κ2) is 9.34. The molecule has 0 bridgehead atoms. The van der Waals surface area contributed by atoms with Crippen molar-refractivity contribution in [1.82, 2.24) is 0 Å². The molecule has 0 fully saturated rings. The Morgan fingerprint density at radius 1 is 0.964 bits per heavy atom. The minimum atomic E-state index is -4.41. The van der Waals surface area contributed by atoms with Crippen LogP contribution in [0.5, 0.6) is 11.5 Å². The summed E-state index contributed by atoms with van der Waals surface area (Å²) in [6, 6.07) is 8.90. The number of benzene rings is 2. The second-order valence-electron chi connectivity index (χ2n) is 5.96. The molecule has 8 heteroatoms. The SMILES string of the molecule is CCOc1ccc(N[C@@H](C)C(=O)Nc2ccc(C(F)(F)F)cc2)cc1OCC. The van der Waals surface area contributed by atoms with Crippen LogP contribution < -0.4 is 20.1 Å². The Labute approximate surface area is 161 Å². The van der Waals surface area contributed by atoms with E-state index in [-0.39, 0.29) is 11.6 Å². The monoisotopic (exact) mass is 396 g/mol. The average Bonchev–Trinajstić information content (AvgIpc) is 2.64. The van der Waals surface area contributed by atoms with E-state index in [1.165, 1.54) is 12.1 Å². The van der Waals surface area contributed by atoms with Crippen LogP contribution in [0, 0.1) is 0 Å². The number of carbonyl (C=O) groups excluding carboxylic acids is 1. The van der Waals surface area contributed by atoms with Crippen LogP contribution in [0.1, 0.15) is 26.3 Å². The molecule has 0 spiro atoms. The molecule has 0 radical (unpaired) electrons. The molecule has 0 aliphatic rings. The van der Waals surface area contributed by atoms with Gasteiger partial charge in [0.2, 0.25) is 5.91 Å². The molecule has 2 N–H and O–H groups in total. The predicted molar refractivity (Wildman–Crippen MR) is 102 cm³/mol. The van der Waals surface area contributed by atoms with Gasteiger partial charge >= 0.3 is 6.18 Å². The van der Waals surface area contributed by atoms with Gasteiger partial charge in [-0.15, -0.1) is 0 Å². The van der Waals surface area contributed by atoms with Gasteiger partial charge in [-0.1, -0.05) is 0 Å². The number of ether oxygens (including phenoxy) is 2. The van der Waals surface area contributed by atoms with E-state index in [1.807, 2.05) is 13.8 Å². The fourth-order valence-corrected chi connectivity index (χ4v) is 2.45. The lowest BCUT2D eigenvalue weighted by molar-refractivity contribution is -0.137. The quantitative estimate of drug-likeness (QED) is 0.663. The van der Waals surface area contributed by atoms with Gasteiger partial charge in [0, 0.05) is 17.4 Å². The minimum absolute atomic E-state index is 0.286. The molecule has 28 heavy (non-hydrogen) atoms. The van der Waals surface area contributed by atoms with Gasteiger partial charge in [-0.2, -0.15) is 13.2 Å². The van der Waals surface area contributed by atoms with E-state index in [0.717, 1.165) is 12.1 Å². The molecule has 0 saturated carbocycles. The molecule has 2 aromatic rings. The highest BCUT2D eigenvalue weighted by Gasteiger charge is 2.30. The molecule has 5 nitrogen and oxygen atoms in total. The lowest BCUT2D eigenvalue weighted by Crippen LogP contribution is -2.31. The second-order valence-corrected chi connectivity index (χ2v) is 5.96. The van der Waals surface area contributed by atoms with Crippen molar-refractivity contribution in [2.24, 2.45) is 0 Å². The van der Waals surface area contributed by atoms with Gasteiger partial charge in [-0.3, -0.25) is 4.79 Å². The standard InChI is InChI=1S/C20H23F3N2O3/c1-4-27-17-11-10-16(12-18(17)28-5-2)24-13(3)19(26)25-15-8-6-14(7-9-15)20(21,22)23/h6-13,24H,4-5H2,1-3H3,(H,25,26)/t13-/m0/s1. The normalized spacial score (nSPS) is 12.2. The Morgan fingerprint density at radius 2 is 1.54 bits per heavy atom. The van der Waals surface area contributed by atoms with Gasteiger partial charge in [0.25, 0.3) is 0 Å². The number of hydrogen-bond donors (Lipinski definition) is 2. The summed E-state index contributed by atoms with van der Waals surface area (Å²) in [5, 5.41) is 5.63. The molecule has 1 amide bonds. The zero-order chi connectivity index (χ0) is 20.7. The van der Waals surface area contributed by atoms with E-state index < -0.39 is 17.8 Å². The Bertz CT molecular complexity index is 792. The summed E-state index contributed by atoms with van der Waals surface area (Å²) in [4.78, 5) is 12.3. The molecule has 0 heterocycles. The number of carbonyl (C=O) groups is 1. The fourth-order valence-electron chi connectivity index (χ4n) is 2.45. The van der Waals surface area contributed by atoms with Gasteiger partial charge in [-0.05, 0) is 57.2 Å². The van der Waals surface area contributed by atoms with Crippen molar-refractivity contribution < 1.29 is 27.4 Å². The Kier molecular flexibility index (Phi) is 7.14. The zero-order valence-corrected chi connectivity index (χ0v) is 15.9. The summed E-state index contributed by atoms with van der Waals surface area (Å²) >= 11 is 0. The van der Waals surface area contributed by atoms with E-state index >= 15 is 0 Å². The van der Waals surface area contributed by atoms with Crippen molar-refractivity contribution in [3.05, 3.63) is 48.0 Å². The van der Waals surface area contributed by atoms with Gasteiger partial charge in [0.15, 0.2) is 11.5 Å². The third-order valence-corrected chi connectivity index (χ3v) is 3.80. The van der Waals surface area contributed by atoms with Crippen LogP contribution in [0.25, 0.3) is 0 Å². The highest BCUT2D eigenvalue weighted by atomic mass is 19.4. The smallest absolute Gasteiger partial charge is 0.416 e. The summed E-state index contributed by atoms with van der Waals surface area (Å²) in [5.74, 6) is 0.785. The van der Waals surface area contributed by atoms with Crippen LogP contribution in [0.15, 0.2) is 42.5 Å². The van der Waals surface area contributed by atoms with Crippen LogP contribution in [0.3, 0.4) is 0 Å². The Balaban J connectivity index is 2.02. The molecule has 0 aliphatic heterocycles. The minimum Gasteiger partial charge on any atom is -0.490 e. The maximum Gasteiger partial charge on any atom is 0.416 e. The third kappa shape index (κ3) is 5.80. The van der Waals surface area contributed by atoms with Crippen LogP contribution in [0.4, 0.5) is 24.5 Å². The molecule has 0 aliphatic carbocycles. The van der Waals surface area contributed by atoms with Crippen molar-refractivity contribution in [1.29, 1.82) is 0 Å². The van der Waals surface area contributed by atoms with Crippen LogP contribution >= 0.6 is 0 Å². The van der Waals surface area contributed by atoms with Crippen molar-refractivity contribution in [3.63, 3.8) is 0 Å². The maximum absolute atomic E-state index is 12.6. The van der Waals surface area contributed by atoms with Crippen molar-refractivity contribution >= 4 is 17.3 Å². The number of anilines is 2. The lowest BCUT2D eigenvalue weighted by Gasteiger charge is -2.17. The first-order valence-corrected chi connectivity index (χ1v) is 8.88. The van der Waals surface area contributed by atoms with E-state index in [9.17, 15) is 18.0 Å². The summed E-state index contributed by atoms with van der Waals surface area (Å²) in [6.07, 6.45) is -4.41. The molecule has 2 rings (SSSR count). The van der Waals surface area contributed by atoms with E-state index in [0.29, 0.717) is 30.4 Å². The van der Waals surface area contributed by atoms with Crippen molar-refractivity contribution in [2.45, 2.75) is 33.0 Å². The number of rotatable bonds is 8. The number of amides is 1. The van der Waals surface area contributed by atoms with Crippen molar-refractivity contribution in [2.75, 3.05) is 23.8 Å². The molecule has 2 aromatic carbocycles. The first kappa shape index (κ1) is 21.4. The predicted octanol–water partition coefficient (Wildman–Crippen LogP) is 4.94. The number of alkyl halides is 3. The topological polar surface area (TPSA) is 59.6 Å². The Morgan fingerprint density at radius 3 is 2.11 bits per heavy atom. The molecule has 1 atom stereocenters. The highest BCUT2D eigenvalue weighted by molar-refractivity contribution is 5.96.